The molecule has 0 aliphatic carbocycles. The maximum Gasteiger partial charge on any atom is 0.0991 e. The van der Waals surface area contributed by atoms with Crippen molar-refractivity contribution in [1.29, 1.82) is 5.26 Å². The van der Waals surface area contributed by atoms with E-state index in [1.54, 1.807) is 0 Å². The van der Waals surface area contributed by atoms with Gasteiger partial charge in [0.2, 0.25) is 0 Å². The molecule has 0 radical (unpaired) electrons. The summed E-state index contributed by atoms with van der Waals surface area (Å²) in [5.41, 5.74) is 12.2. The van der Waals surface area contributed by atoms with Gasteiger partial charge in [0.15, 0.2) is 0 Å². The molecule has 2 heteroatoms. The predicted octanol–water partition coefficient (Wildman–Crippen LogP) is 13.8. The Morgan fingerprint density at radius 3 is 1.52 bits per heavy atom. The molecular weight excluding hydrogens is 629 g/mol. The molecule has 0 saturated heterocycles. The van der Waals surface area contributed by atoms with Crippen LogP contribution >= 0.6 is 0 Å². The second kappa shape index (κ2) is 13.1. The van der Waals surface area contributed by atoms with E-state index in [-0.39, 0.29) is 0 Å². The minimum Gasteiger partial charge on any atom is -0.310 e. The van der Waals surface area contributed by atoms with Crippen molar-refractivity contribution in [3.05, 3.63) is 199 Å². The fourth-order valence-electron chi connectivity index (χ4n) is 7.70. The number of aryl methyl sites for hydroxylation is 1. The van der Waals surface area contributed by atoms with Crippen molar-refractivity contribution in [3.8, 4) is 39.4 Å². The third-order valence-corrected chi connectivity index (χ3v) is 10.1. The molecule has 9 aromatic rings. The van der Waals surface area contributed by atoms with Gasteiger partial charge in [-0.1, -0.05) is 139 Å². The lowest BCUT2D eigenvalue weighted by Gasteiger charge is -2.27. The maximum atomic E-state index is 9.56. The zero-order valence-electron chi connectivity index (χ0n) is 28.8. The van der Waals surface area contributed by atoms with Crippen molar-refractivity contribution in [3.63, 3.8) is 0 Å². The van der Waals surface area contributed by atoms with Crippen molar-refractivity contribution in [2.24, 2.45) is 0 Å². The summed E-state index contributed by atoms with van der Waals surface area (Å²) in [4.78, 5) is 2.28. The molecule has 0 aliphatic rings. The normalized spacial score (nSPS) is 11.2. The van der Waals surface area contributed by atoms with Gasteiger partial charge in [0.1, 0.15) is 0 Å². The van der Waals surface area contributed by atoms with Crippen LogP contribution < -0.4 is 4.90 Å². The smallest absolute Gasteiger partial charge is 0.0991 e. The van der Waals surface area contributed by atoms with Crippen LogP contribution in [0.1, 0.15) is 11.1 Å². The van der Waals surface area contributed by atoms with Crippen LogP contribution in [0.2, 0.25) is 0 Å². The van der Waals surface area contributed by atoms with Crippen molar-refractivity contribution in [2.75, 3.05) is 4.90 Å². The SMILES string of the molecule is Cc1ccc(N(c2ccc(C#N)cc2)c2ccc3c(c2)c2ccccc2c2c(-c4ccccc4)cc(-c4ccccc4)c(-c4ccccc4)c32)cc1. The number of hydrogen-bond donors (Lipinski definition) is 0. The van der Waals surface area contributed by atoms with Gasteiger partial charge in [-0.3, -0.25) is 0 Å². The average molecular weight is 663 g/mol. The van der Waals surface area contributed by atoms with Crippen LogP contribution in [0.15, 0.2) is 188 Å². The molecule has 0 aliphatic heterocycles. The Bertz CT molecular complexity index is 2760. The van der Waals surface area contributed by atoms with E-state index in [1.807, 2.05) is 24.3 Å². The number of anilines is 3. The molecule has 0 fully saturated rings. The second-order valence-corrected chi connectivity index (χ2v) is 13.3. The first-order valence-electron chi connectivity index (χ1n) is 17.7. The van der Waals surface area contributed by atoms with Crippen LogP contribution in [0.4, 0.5) is 17.1 Å². The van der Waals surface area contributed by atoms with E-state index in [2.05, 4.69) is 182 Å². The number of hydrogen-bond acceptors (Lipinski definition) is 2. The van der Waals surface area contributed by atoms with Crippen LogP contribution in [-0.2, 0) is 0 Å². The quantitative estimate of drug-likeness (QED) is 0.166. The Morgan fingerprint density at radius 2 is 0.904 bits per heavy atom. The van der Waals surface area contributed by atoms with E-state index in [0.29, 0.717) is 5.56 Å². The number of benzene rings is 9. The summed E-state index contributed by atoms with van der Waals surface area (Å²) >= 11 is 0. The molecule has 9 aromatic carbocycles. The van der Waals surface area contributed by atoms with Gasteiger partial charge in [0.25, 0.3) is 0 Å². The molecule has 0 bridgehead atoms. The van der Waals surface area contributed by atoms with Crippen LogP contribution in [0.3, 0.4) is 0 Å². The van der Waals surface area contributed by atoms with Gasteiger partial charge in [0.05, 0.1) is 11.6 Å². The molecule has 244 valence electrons. The molecule has 0 saturated carbocycles. The minimum absolute atomic E-state index is 0.639. The van der Waals surface area contributed by atoms with E-state index in [0.717, 1.165) is 17.1 Å². The number of fused-ring (bicyclic) bond motifs is 6. The molecule has 0 aromatic heterocycles. The van der Waals surface area contributed by atoms with Crippen molar-refractivity contribution in [2.45, 2.75) is 6.92 Å². The van der Waals surface area contributed by atoms with Gasteiger partial charge in [-0.05, 0) is 127 Å². The second-order valence-electron chi connectivity index (χ2n) is 13.3. The highest BCUT2D eigenvalue weighted by molar-refractivity contribution is 6.33. The minimum atomic E-state index is 0.639. The highest BCUT2D eigenvalue weighted by Gasteiger charge is 2.22. The van der Waals surface area contributed by atoms with Gasteiger partial charge in [-0.25, -0.2) is 0 Å². The molecule has 0 amide bonds. The lowest BCUT2D eigenvalue weighted by atomic mass is 9.81. The monoisotopic (exact) mass is 662 g/mol. The topological polar surface area (TPSA) is 27.0 Å². The maximum absolute atomic E-state index is 9.56. The van der Waals surface area contributed by atoms with Gasteiger partial charge >= 0.3 is 0 Å². The molecule has 0 spiro atoms. The lowest BCUT2D eigenvalue weighted by Crippen LogP contribution is -2.10. The summed E-state index contributed by atoms with van der Waals surface area (Å²) in [5.74, 6) is 0. The molecular formula is C50H34N2. The largest absolute Gasteiger partial charge is 0.310 e. The van der Waals surface area contributed by atoms with Crippen LogP contribution in [0.25, 0.3) is 65.7 Å². The fourth-order valence-corrected chi connectivity index (χ4v) is 7.70. The van der Waals surface area contributed by atoms with E-state index >= 15 is 0 Å². The predicted molar refractivity (Wildman–Crippen MR) is 219 cm³/mol. The van der Waals surface area contributed by atoms with Gasteiger partial charge in [0, 0.05) is 17.1 Å². The average Bonchev–Trinajstić information content (AvgIpc) is 3.22. The molecule has 9 rings (SSSR count). The third-order valence-electron chi connectivity index (χ3n) is 10.1. The van der Waals surface area contributed by atoms with E-state index in [1.165, 1.54) is 71.3 Å². The summed E-state index contributed by atoms with van der Waals surface area (Å²) in [6, 6.07) is 69.4. The highest BCUT2D eigenvalue weighted by atomic mass is 15.1. The molecule has 52 heavy (non-hydrogen) atoms. The zero-order chi connectivity index (χ0) is 35.0. The van der Waals surface area contributed by atoms with Gasteiger partial charge in [-0.2, -0.15) is 5.26 Å². The first-order chi connectivity index (χ1) is 25.7. The Labute approximate surface area is 304 Å². The van der Waals surface area contributed by atoms with Crippen molar-refractivity contribution < 1.29 is 0 Å². The first kappa shape index (κ1) is 31.1. The summed E-state index contributed by atoms with van der Waals surface area (Å²) in [6.07, 6.45) is 0. The first-order valence-corrected chi connectivity index (χ1v) is 17.7. The molecule has 0 unspecified atom stereocenters. The van der Waals surface area contributed by atoms with Gasteiger partial charge < -0.3 is 4.90 Å². The molecule has 2 nitrogen and oxygen atoms in total. The fraction of sp³-hybridized carbons (Fsp3) is 0.0200. The Kier molecular flexibility index (Phi) is 7.80. The van der Waals surface area contributed by atoms with E-state index in [9.17, 15) is 5.26 Å². The Hall–Kier alpha value is -6.95. The molecule has 0 atom stereocenters. The summed E-state index contributed by atoms with van der Waals surface area (Å²) in [5, 5.41) is 16.9. The zero-order valence-corrected chi connectivity index (χ0v) is 28.8. The summed E-state index contributed by atoms with van der Waals surface area (Å²) < 4.78 is 0. The lowest BCUT2D eigenvalue weighted by molar-refractivity contribution is 1.28. The number of rotatable bonds is 6. The van der Waals surface area contributed by atoms with Crippen LogP contribution in [0, 0.1) is 18.3 Å². The molecule has 0 heterocycles. The van der Waals surface area contributed by atoms with Crippen LogP contribution in [-0.4, -0.2) is 0 Å². The molecule has 0 N–H and O–H groups in total. The number of nitriles is 1. The standard InChI is InChI=1S/C50H34N2/c1-34-21-25-39(26-22-34)52(40-27-23-35(33-51)24-28-40)41-29-30-44-47(31-41)42-19-11-12-20-43(42)49-46(37-15-7-3-8-16-37)32-45(36-13-5-2-6-14-36)48(50(44)49)38-17-9-4-10-18-38/h2-32H,1H3. The van der Waals surface area contributed by atoms with Crippen molar-refractivity contribution in [1.82, 2.24) is 0 Å². The summed E-state index contributed by atoms with van der Waals surface area (Å²) in [7, 11) is 0. The van der Waals surface area contributed by atoms with Gasteiger partial charge in [-0.15, -0.1) is 0 Å². The number of nitrogens with zero attached hydrogens (tertiary/aromatic N) is 2. The van der Waals surface area contributed by atoms with E-state index < -0.39 is 0 Å². The third kappa shape index (κ3) is 5.37. The van der Waals surface area contributed by atoms with E-state index in [4.69, 9.17) is 0 Å². The Balaban J connectivity index is 1.44. The highest BCUT2D eigenvalue weighted by Crippen LogP contribution is 2.50. The summed E-state index contributed by atoms with van der Waals surface area (Å²) in [6.45, 7) is 2.11. The van der Waals surface area contributed by atoms with Crippen molar-refractivity contribution >= 4 is 49.4 Å². The van der Waals surface area contributed by atoms with Crippen LogP contribution in [0.5, 0.6) is 0 Å². The Morgan fingerprint density at radius 1 is 0.404 bits per heavy atom.